The third-order valence-electron chi connectivity index (χ3n) is 2.71. The Hall–Kier alpha value is -2.42. The van der Waals surface area contributed by atoms with E-state index < -0.39 is 29.9 Å². The molecule has 0 aliphatic heterocycles. The number of halogens is 3. The molecule has 6 nitrogen and oxygen atoms in total. The number of rotatable bonds is 3. The molecular formula is C12H12F3N5O. The Morgan fingerprint density at radius 3 is 2.48 bits per heavy atom. The molecule has 2 rings (SSSR count). The minimum absolute atomic E-state index is 0.477. The van der Waals surface area contributed by atoms with Crippen molar-refractivity contribution in [1.82, 2.24) is 15.2 Å². The highest BCUT2D eigenvalue weighted by Gasteiger charge is 2.35. The Morgan fingerprint density at radius 1 is 1.33 bits per heavy atom. The molecule has 2 aromatic rings. The molecule has 0 bridgehead atoms. The van der Waals surface area contributed by atoms with Crippen molar-refractivity contribution in [2.45, 2.75) is 19.1 Å². The van der Waals surface area contributed by atoms with Gasteiger partial charge in [-0.25, -0.2) is 0 Å². The molecule has 1 atom stereocenters. The van der Waals surface area contributed by atoms with Gasteiger partial charge in [0.05, 0.1) is 0 Å². The molecule has 9 heteroatoms. The minimum Gasteiger partial charge on any atom is -0.316 e. The van der Waals surface area contributed by atoms with E-state index in [-0.39, 0.29) is 0 Å². The number of H-pyrrole nitrogens is 1. The number of aromatic nitrogens is 3. The van der Waals surface area contributed by atoms with Crippen LogP contribution in [0, 0.1) is 6.92 Å². The van der Waals surface area contributed by atoms with Crippen LogP contribution in [-0.2, 0) is 11.0 Å². The van der Waals surface area contributed by atoms with Gasteiger partial charge in [0.15, 0.2) is 0 Å². The molecule has 1 aromatic heterocycles. The van der Waals surface area contributed by atoms with Crippen molar-refractivity contribution in [3.05, 3.63) is 41.2 Å². The Balaban J connectivity index is 2.07. The van der Waals surface area contributed by atoms with Gasteiger partial charge in [-0.3, -0.25) is 15.2 Å². The lowest BCUT2D eigenvalue weighted by atomic mass is 10.1. The van der Waals surface area contributed by atoms with Gasteiger partial charge < -0.3 is 5.73 Å². The molecule has 0 radical (unpaired) electrons. The number of alkyl halides is 3. The molecule has 1 amide bonds. The first-order valence-corrected chi connectivity index (χ1v) is 5.90. The van der Waals surface area contributed by atoms with Gasteiger partial charge in [-0.1, -0.05) is 29.8 Å². The van der Waals surface area contributed by atoms with Gasteiger partial charge in [0, 0.05) is 0 Å². The van der Waals surface area contributed by atoms with Crippen molar-refractivity contribution in [3.8, 4) is 0 Å². The Labute approximate surface area is 117 Å². The molecule has 0 saturated heterocycles. The van der Waals surface area contributed by atoms with E-state index in [1.54, 1.807) is 29.4 Å². The lowest BCUT2D eigenvalue weighted by Crippen LogP contribution is -2.28. The number of carbonyl (C=O) groups is 1. The Morgan fingerprint density at radius 2 is 1.95 bits per heavy atom. The van der Waals surface area contributed by atoms with Gasteiger partial charge >= 0.3 is 6.18 Å². The summed E-state index contributed by atoms with van der Waals surface area (Å²) in [6, 6.07) is 5.85. The van der Waals surface area contributed by atoms with Crippen molar-refractivity contribution < 1.29 is 18.0 Å². The van der Waals surface area contributed by atoms with Crippen LogP contribution >= 0.6 is 0 Å². The highest BCUT2D eigenvalue weighted by molar-refractivity contribution is 5.93. The number of nitrogens with zero attached hydrogens (tertiary/aromatic N) is 2. The molecule has 0 saturated carbocycles. The van der Waals surface area contributed by atoms with Gasteiger partial charge in [-0.2, -0.15) is 18.2 Å². The monoisotopic (exact) mass is 299 g/mol. The van der Waals surface area contributed by atoms with E-state index in [1.165, 1.54) is 0 Å². The van der Waals surface area contributed by atoms with Crippen LogP contribution in [0.15, 0.2) is 24.3 Å². The summed E-state index contributed by atoms with van der Waals surface area (Å²) >= 11 is 0. The number of anilines is 1. The van der Waals surface area contributed by atoms with Crippen LogP contribution in [0.1, 0.15) is 23.0 Å². The van der Waals surface area contributed by atoms with E-state index in [2.05, 4.69) is 15.4 Å². The Bertz CT molecular complexity index is 635. The van der Waals surface area contributed by atoms with E-state index >= 15 is 0 Å². The first kappa shape index (κ1) is 15.0. The van der Waals surface area contributed by atoms with Crippen molar-refractivity contribution in [1.29, 1.82) is 0 Å². The molecule has 0 aliphatic rings. The number of hydrogen-bond acceptors (Lipinski definition) is 4. The predicted octanol–water partition coefficient (Wildman–Crippen LogP) is 1.77. The number of aryl methyl sites for hydroxylation is 1. The average Bonchev–Trinajstić information content (AvgIpc) is 2.87. The zero-order chi connectivity index (χ0) is 15.6. The second-order valence-corrected chi connectivity index (χ2v) is 4.38. The second kappa shape index (κ2) is 5.52. The maximum Gasteiger partial charge on any atom is 0.451 e. The number of nitrogens with two attached hydrogens (primary N) is 1. The lowest BCUT2D eigenvalue weighted by molar-refractivity contribution is -0.144. The lowest BCUT2D eigenvalue weighted by Gasteiger charge is -2.10. The molecule has 1 unspecified atom stereocenters. The molecule has 1 heterocycles. The first-order chi connectivity index (χ1) is 9.77. The van der Waals surface area contributed by atoms with E-state index in [0.717, 1.165) is 5.56 Å². The SMILES string of the molecule is Cc1ccc(C(N)C(=O)Nc2n[nH]c(C(F)(F)F)n2)cc1. The normalized spacial score (nSPS) is 13.0. The standard InChI is InChI=1S/C12H12F3N5O/c1-6-2-4-7(5-3-6)8(16)9(21)17-11-18-10(19-20-11)12(13,14)15/h2-5,8H,16H2,1H3,(H2,17,18,19,20,21). The topological polar surface area (TPSA) is 96.7 Å². The van der Waals surface area contributed by atoms with Gasteiger partial charge in [0.2, 0.25) is 17.7 Å². The Kier molecular flexibility index (Phi) is 3.94. The third-order valence-corrected chi connectivity index (χ3v) is 2.71. The van der Waals surface area contributed by atoms with Crippen LogP contribution < -0.4 is 11.1 Å². The maximum absolute atomic E-state index is 12.3. The van der Waals surface area contributed by atoms with Crippen LogP contribution in [0.4, 0.5) is 19.1 Å². The number of benzene rings is 1. The van der Waals surface area contributed by atoms with Crippen LogP contribution in [0.3, 0.4) is 0 Å². The summed E-state index contributed by atoms with van der Waals surface area (Å²) in [7, 11) is 0. The average molecular weight is 299 g/mol. The molecule has 112 valence electrons. The molecule has 1 aromatic carbocycles. The summed E-state index contributed by atoms with van der Waals surface area (Å²) in [5.74, 6) is -2.47. The van der Waals surface area contributed by atoms with Crippen LogP contribution in [0.25, 0.3) is 0 Å². The van der Waals surface area contributed by atoms with Gasteiger partial charge in [-0.05, 0) is 12.5 Å². The van der Waals surface area contributed by atoms with Crippen molar-refractivity contribution in [3.63, 3.8) is 0 Å². The van der Waals surface area contributed by atoms with E-state index in [9.17, 15) is 18.0 Å². The van der Waals surface area contributed by atoms with Crippen LogP contribution in [-0.4, -0.2) is 21.1 Å². The fraction of sp³-hybridized carbons (Fsp3) is 0.250. The second-order valence-electron chi connectivity index (χ2n) is 4.38. The number of amides is 1. The highest BCUT2D eigenvalue weighted by Crippen LogP contribution is 2.26. The quantitative estimate of drug-likeness (QED) is 0.804. The number of hydrogen-bond donors (Lipinski definition) is 3. The smallest absolute Gasteiger partial charge is 0.316 e. The zero-order valence-corrected chi connectivity index (χ0v) is 10.9. The maximum atomic E-state index is 12.3. The van der Waals surface area contributed by atoms with Crippen molar-refractivity contribution in [2.24, 2.45) is 5.73 Å². The van der Waals surface area contributed by atoms with Gasteiger partial charge in [0.25, 0.3) is 0 Å². The van der Waals surface area contributed by atoms with Crippen molar-refractivity contribution in [2.75, 3.05) is 5.32 Å². The highest BCUT2D eigenvalue weighted by atomic mass is 19.4. The van der Waals surface area contributed by atoms with Gasteiger partial charge in [-0.15, -0.1) is 5.10 Å². The summed E-state index contributed by atoms with van der Waals surface area (Å²) < 4.78 is 37.0. The van der Waals surface area contributed by atoms with Crippen molar-refractivity contribution >= 4 is 11.9 Å². The molecular weight excluding hydrogens is 287 g/mol. The zero-order valence-electron chi connectivity index (χ0n) is 10.9. The summed E-state index contributed by atoms with van der Waals surface area (Å²) in [6.07, 6.45) is -4.66. The van der Waals surface area contributed by atoms with E-state index in [4.69, 9.17) is 5.73 Å². The third kappa shape index (κ3) is 3.57. The summed E-state index contributed by atoms with van der Waals surface area (Å²) in [4.78, 5) is 15.0. The molecule has 0 fully saturated rings. The predicted molar refractivity (Wildman–Crippen MR) is 68.1 cm³/mol. The number of carbonyl (C=O) groups excluding carboxylic acids is 1. The fourth-order valence-electron chi connectivity index (χ4n) is 1.56. The summed E-state index contributed by atoms with van der Waals surface area (Å²) in [5.41, 5.74) is 7.26. The van der Waals surface area contributed by atoms with E-state index in [1.807, 2.05) is 6.92 Å². The summed E-state index contributed by atoms with van der Waals surface area (Å²) in [6.45, 7) is 1.88. The van der Waals surface area contributed by atoms with Crippen LogP contribution in [0.2, 0.25) is 0 Å². The summed E-state index contributed by atoms with van der Waals surface area (Å²) in [5, 5.41) is 7.09. The number of aromatic amines is 1. The molecule has 21 heavy (non-hydrogen) atoms. The largest absolute Gasteiger partial charge is 0.451 e. The first-order valence-electron chi connectivity index (χ1n) is 5.90. The van der Waals surface area contributed by atoms with E-state index in [0.29, 0.717) is 5.56 Å². The van der Waals surface area contributed by atoms with Crippen LogP contribution in [0.5, 0.6) is 0 Å². The molecule has 0 aliphatic carbocycles. The molecule has 0 spiro atoms. The van der Waals surface area contributed by atoms with Gasteiger partial charge in [0.1, 0.15) is 6.04 Å². The fourth-order valence-corrected chi connectivity index (χ4v) is 1.56. The molecule has 4 N–H and O–H groups in total. The minimum atomic E-state index is -4.66. The number of nitrogens with one attached hydrogen (secondary N) is 2.